The van der Waals surface area contributed by atoms with Gasteiger partial charge in [-0.2, -0.15) is 96.6 Å². The number of alkyl halides is 22. The summed E-state index contributed by atoms with van der Waals surface area (Å²) in [5.74, 6) is -13.0. The van der Waals surface area contributed by atoms with Crippen LogP contribution in [0, 0.1) is 48.1 Å². The number of nitrogens with one attached hydrogen (secondary N) is 1. The summed E-state index contributed by atoms with van der Waals surface area (Å²) in [6, 6.07) is 4.80. The van der Waals surface area contributed by atoms with Gasteiger partial charge in [0.05, 0.1) is 136 Å². The van der Waals surface area contributed by atoms with Crippen LogP contribution in [0.1, 0.15) is 177 Å². The van der Waals surface area contributed by atoms with Crippen LogP contribution in [0.3, 0.4) is 0 Å². The third kappa shape index (κ3) is 78.8. The number of hydrogen-bond acceptors (Lipinski definition) is 25. The Morgan fingerprint density at radius 2 is 0.829 bits per heavy atom. The van der Waals surface area contributed by atoms with Crippen molar-refractivity contribution in [3.63, 3.8) is 0 Å². The normalized spacial score (nSPS) is 12.4. The summed E-state index contributed by atoms with van der Waals surface area (Å²) in [6.07, 6.45) is -23.1. The Balaban J connectivity index is -0.000000180. The molecule has 0 spiro atoms. The van der Waals surface area contributed by atoms with Crippen LogP contribution in [0.5, 0.6) is 35.3 Å². The van der Waals surface area contributed by atoms with Crippen molar-refractivity contribution in [2.75, 3.05) is 73.2 Å². The van der Waals surface area contributed by atoms with Crippen LogP contribution in [0.2, 0.25) is 5.15 Å². The maximum atomic E-state index is 13.3. The number of pyridine rings is 7. The minimum Gasteiger partial charge on any atom is -1.00 e. The van der Waals surface area contributed by atoms with Crippen molar-refractivity contribution >= 4 is 110 Å². The van der Waals surface area contributed by atoms with Gasteiger partial charge >= 0.3 is 108 Å². The molecule has 0 unspecified atom stereocenters. The minimum atomic E-state index is -4.64. The van der Waals surface area contributed by atoms with Gasteiger partial charge in [-0.1, -0.05) is 32.9 Å². The fourth-order valence-corrected chi connectivity index (χ4v) is 8.63. The van der Waals surface area contributed by atoms with Crippen molar-refractivity contribution in [3.8, 4) is 35.3 Å². The van der Waals surface area contributed by atoms with Gasteiger partial charge in [0.2, 0.25) is 35.3 Å². The molecule has 29 nitrogen and oxygen atoms in total. The maximum Gasteiger partial charge on any atom is 2.00 e. The van der Waals surface area contributed by atoms with Crippen molar-refractivity contribution in [1.29, 1.82) is 0 Å². The average Bonchev–Trinajstić information content (AvgIpc) is 0.900. The Morgan fingerprint density at radius 3 is 1.14 bits per heavy atom. The standard InChI is InChI=1S/C13H18F4N2O2S.C12H14F4N2O2S.C10H9F4NO3.C8H5F4NO3.C8H7F4NO2.C8H5F4NO2.C6H3ClFNO2.C4H11NOS.C4H8O.C2H3F3O.C2H6.CH3F.CH4.CH3.BrH.ClH.Mg.Na/c1-8(19-22(20)12(2,3)4)10-5-9(14)6-18-11(10)21-7-13(15,16)17;1-11(2,3)21(19)18-5-8-4-9(13)6-17-10(8)20-7-12(14,15)16;1-2-17-9(16)7-3-6(11)4-15-8(7)18-5-10(12,13)14;9-4-1-5(7(14)15)6(13-2-4)16-3-8(10,11)12;2*9-6-1-5(3-14)7(13-2-6)15-4-8(10,11)12;7-5-4(6(10)11)1-3(8)2-9-5;1-4(2,3)7(5)6;1-2-4-5-3-1;3-2(4,5)1-6;2*1-2;;;;;;/h5-6,8,19H,7H2,1-4H3;4-6H,7H2,1-3H3;3-4H,2,5H2,1H3;1-2H,3H2,(H,14,15);1-2,14H,3-4H2;1-3H,4H2;1-2H,(H,10,11);5H2,1-3H3;1-4H2;6H,1H2;1-2H3;1H3;1H4;1H3;2*1H;;/q;;;;;;;;;;;;;-1;;;+2;+1/p-2/t8-,22-;21-;;;;;;7-;;;;;;;;;;/m11.....1........../s1/i;;;;;;;;;;2*1D;;;;;;. The molecular formula is C80H99BrCl2F29MgN10NaO19S3. The summed E-state index contributed by atoms with van der Waals surface area (Å²) in [4.78, 5) is 65.6. The van der Waals surface area contributed by atoms with Crippen molar-refractivity contribution in [2.24, 2.45) is 9.54 Å². The molecule has 0 aliphatic carbocycles. The second-order valence-electron chi connectivity index (χ2n) is 28.1. The predicted molar refractivity (Wildman–Crippen MR) is 467 cm³/mol. The number of ether oxygens (including phenoxy) is 8. The number of nitrogens with zero attached hydrogens (tertiary/aromatic N) is 8. The third-order valence-electron chi connectivity index (χ3n) is 13.1. The van der Waals surface area contributed by atoms with Gasteiger partial charge in [-0.25, -0.2) is 92.6 Å². The van der Waals surface area contributed by atoms with Crippen LogP contribution in [-0.4, -0.2) is 247 Å². The number of aliphatic hydroxyl groups is 2. The van der Waals surface area contributed by atoms with Gasteiger partial charge in [0, 0.05) is 31.8 Å². The van der Waals surface area contributed by atoms with Gasteiger partial charge in [-0.3, -0.25) is 14.3 Å². The zero-order valence-electron chi connectivity index (χ0n) is 80.0. The number of aromatic nitrogens is 7. The summed E-state index contributed by atoms with van der Waals surface area (Å²) < 4.78 is 432. The number of hydrogen-bond donors (Lipinski definition) is 5. The molecule has 0 bridgehead atoms. The summed E-state index contributed by atoms with van der Waals surface area (Å²) in [5, 5.41) is 39.6. The molecule has 7 aromatic rings. The second kappa shape index (κ2) is 76.2. The molecular weight excluding hydrogens is 2250 g/mol. The maximum absolute atomic E-state index is 13.3. The number of carboxylic acid groups (broad SMARTS) is 2. The van der Waals surface area contributed by atoms with E-state index in [1.807, 2.05) is 20.8 Å². The molecule has 6 N–H and O–H groups in total. The predicted octanol–water partition coefficient (Wildman–Crippen LogP) is 12.9. The number of aromatic carboxylic acids is 2. The Bertz CT molecular complexity index is 5050. The Labute approximate surface area is 887 Å². The van der Waals surface area contributed by atoms with Crippen LogP contribution >= 0.6 is 24.0 Å². The van der Waals surface area contributed by atoms with Crippen LogP contribution in [-0.2, 0) is 49.0 Å². The monoisotopic (exact) mass is 2350 g/mol. The number of nitrogens with two attached hydrogens (primary N) is 1. The number of aldehydes is 1. The first kappa shape index (κ1) is 153. The molecule has 828 valence electrons. The van der Waals surface area contributed by atoms with E-state index in [0.29, 0.717) is 43.8 Å². The van der Waals surface area contributed by atoms with Crippen LogP contribution < -0.4 is 89.9 Å². The van der Waals surface area contributed by atoms with E-state index < -0.39 is 251 Å². The third-order valence-corrected chi connectivity index (χ3v) is 17.6. The van der Waals surface area contributed by atoms with Gasteiger partial charge in [0.25, 0.3) is 0 Å². The molecule has 0 aromatic carbocycles. The zero-order chi connectivity index (χ0) is 111. The molecule has 4 atom stereocenters. The van der Waals surface area contributed by atoms with Crippen LogP contribution in [0.25, 0.3) is 0 Å². The summed E-state index contributed by atoms with van der Waals surface area (Å²) in [7, 11) is -5.30. The molecule has 0 amide bonds. The molecule has 146 heavy (non-hydrogen) atoms. The van der Waals surface area contributed by atoms with Gasteiger partial charge in [0.15, 0.2) is 45.9 Å². The number of halogens is 32. The van der Waals surface area contributed by atoms with E-state index in [2.05, 4.69) is 77.2 Å². The van der Waals surface area contributed by atoms with Crippen molar-refractivity contribution in [2.45, 2.75) is 180 Å². The number of carboxylic acids is 2. The first-order valence-corrected chi connectivity index (χ1v) is 41.4. The molecule has 0 radical (unpaired) electrons. The Morgan fingerprint density at radius 1 is 0.534 bits per heavy atom. The van der Waals surface area contributed by atoms with Gasteiger partial charge in [-0.15, -0.1) is 12.4 Å². The summed E-state index contributed by atoms with van der Waals surface area (Å²) in [6.45, 7) is 11.1. The summed E-state index contributed by atoms with van der Waals surface area (Å²) >= 11 is 5.33. The smallest absolute Gasteiger partial charge is 1.00 e. The Kier molecular flexibility index (Phi) is 79.8. The second-order valence-corrected chi connectivity index (χ2v) is 34.2. The molecule has 0 saturated carbocycles. The fourth-order valence-electron chi connectivity index (χ4n) is 7.12. The molecule has 7 aromatic heterocycles. The van der Waals surface area contributed by atoms with Crippen molar-refractivity contribution < 1.29 is 267 Å². The van der Waals surface area contributed by atoms with E-state index in [0.717, 1.165) is 68.4 Å². The molecule has 1 aliphatic rings. The number of aliphatic hydroxyl groups excluding tert-OH is 2. The van der Waals surface area contributed by atoms with E-state index in [-0.39, 0.29) is 153 Å². The number of rotatable bonds is 23. The molecule has 1 fully saturated rings. The number of carbonyl (C=O) groups is 4. The van der Waals surface area contributed by atoms with Gasteiger partial charge in [-0.05, 0) is 131 Å². The largest absolute Gasteiger partial charge is 2.00 e. The minimum absolute atomic E-state index is 0. The SMILES string of the molecule is C.C1CCOC1.CC(C)(C)[S@@](=O)N=Cc1cc(F)cnc1OCC(F)(F)F.CC(C)(C)[S@](N)=O.CCOC(=O)c1cc(F)cnc1OCC(F)(F)F.C[C@@H](N[S@](=O)C(C)(C)C)c1cc(F)cnc1OCC(F)(F)F.Cl.O=C(O)c1cc(F)cnc1Cl.O=C([O-])c1cc(F)cnc1OCC(F)(F)F.O=Cc1cc(F)cnc1OCC(F)(F)F.OCC(F)(F)F.OCc1cc(F)cnc1OCC(F)(F)F.[2H]CC.[2H]CF.[Br-].[CH3-].[Mg+2].[Na+]. The van der Waals surface area contributed by atoms with E-state index in [9.17, 15) is 164 Å². The van der Waals surface area contributed by atoms with Crippen LogP contribution in [0.15, 0.2) is 90.2 Å². The summed E-state index contributed by atoms with van der Waals surface area (Å²) in [5.41, 5.74) is -2.21. The molecule has 8 heterocycles. The quantitative estimate of drug-likeness (QED) is 0.00755. The first-order chi connectivity index (χ1) is 64.8. The van der Waals surface area contributed by atoms with E-state index >= 15 is 0 Å². The van der Waals surface area contributed by atoms with E-state index in [4.69, 9.17) is 39.5 Å². The van der Waals surface area contributed by atoms with E-state index in [1.165, 1.54) is 19.8 Å². The van der Waals surface area contributed by atoms with E-state index in [1.54, 1.807) is 55.4 Å². The number of carbonyl (C=O) groups excluding carboxylic acids is 3. The van der Waals surface area contributed by atoms with Gasteiger partial charge < -0.3 is 87.5 Å². The van der Waals surface area contributed by atoms with Crippen molar-refractivity contribution in [3.05, 3.63) is 178 Å². The number of esters is 1. The first-order valence-electron chi connectivity index (χ1n) is 39.0. The van der Waals surface area contributed by atoms with Gasteiger partial charge in [0.1, 0.15) is 69.0 Å². The average molecular weight is 2350 g/mol. The molecule has 1 saturated heterocycles. The van der Waals surface area contributed by atoms with Crippen LogP contribution in [0.4, 0.5) is 127 Å². The molecule has 1 aliphatic heterocycles. The zero-order valence-corrected chi connectivity index (χ0v) is 87.0. The Hall–Kier alpha value is -8.35. The van der Waals surface area contributed by atoms with Crippen molar-refractivity contribution in [1.82, 2.24) is 39.6 Å². The fraction of sp³-hybridized carbons (Fsp3) is 0.487. The molecule has 8 rings (SSSR count). The molecule has 66 heteroatoms. The topological polar surface area (TPSA) is 418 Å².